The van der Waals surface area contributed by atoms with Gasteiger partial charge in [-0.3, -0.25) is 4.90 Å². The average molecular weight is 382 g/mol. The van der Waals surface area contributed by atoms with E-state index in [4.69, 9.17) is 4.74 Å². The minimum Gasteiger partial charge on any atom is -0.508 e. The number of phenolic OH excluding ortho intramolecular Hbond substituents is 1. The van der Waals surface area contributed by atoms with E-state index >= 15 is 0 Å². The highest BCUT2D eigenvalue weighted by Crippen LogP contribution is 2.37. The molecule has 2 N–H and O–H groups in total. The van der Waals surface area contributed by atoms with E-state index in [0.29, 0.717) is 5.75 Å². The number of phenols is 1. The zero-order chi connectivity index (χ0) is 19.4. The number of nitrogens with one attached hydrogen (secondary N) is 1. The molecule has 8 heteroatoms. The quantitative estimate of drug-likeness (QED) is 0.831. The van der Waals surface area contributed by atoms with Crippen LogP contribution in [0.25, 0.3) is 0 Å². The molecular weight excluding hydrogens is 361 g/mol. The van der Waals surface area contributed by atoms with Crippen molar-refractivity contribution in [3.8, 4) is 17.2 Å². The summed E-state index contributed by atoms with van der Waals surface area (Å²) in [5, 5.41) is 13.0. The maximum Gasteiger partial charge on any atom is 0.573 e. The number of methoxy groups -OCH3 is 1. The predicted octanol–water partition coefficient (Wildman–Crippen LogP) is 3.29. The Hall–Kier alpha value is -2.45. The summed E-state index contributed by atoms with van der Waals surface area (Å²) in [5.41, 5.74) is 1.65. The van der Waals surface area contributed by atoms with Crippen LogP contribution in [0.2, 0.25) is 0 Å². The highest BCUT2D eigenvalue weighted by atomic mass is 19.4. The van der Waals surface area contributed by atoms with E-state index in [-0.39, 0.29) is 17.5 Å². The molecule has 0 bridgehead atoms. The summed E-state index contributed by atoms with van der Waals surface area (Å²) in [4.78, 5) is 2.23. The van der Waals surface area contributed by atoms with Crippen LogP contribution < -0.4 is 14.8 Å². The third kappa shape index (κ3) is 4.84. The van der Waals surface area contributed by atoms with Crippen molar-refractivity contribution in [1.82, 2.24) is 10.2 Å². The van der Waals surface area contributed by atoms with E-state index in [1.165, 1.54) is 25.3 Å². The van der Waals surface area contributed by atoms with Gasteiger partial charge in [-0.25, -0.2) is 0 Å². The summed E-state index contributed by atoms with van der Waals surface area (Å²) in [7, 11) is 1.52. The Morgan fingerprint density at radius 2 is 1.74 bits per heavy atom. The lowest BCUT2D eigenvalue weighted by molar-refractivity contribution is -0.274. The van der Waals surface area contributed by atoms with Gasteiger partial charge in [-0.05, 0) is 29.8 Å². The number of hydrogen-bond acceptors (Lipinski definition) is 5. The monoisotopic (exact) mass is 382 g/mol. The molecule has 1 heterocycles. The van der Waals surface area contributed by atoms with Crippen LogP contribution in [0.15, 0.2) is 42.5 Å². The fourth-order valence-electron chi connectivity index (χ4n) is 3.30. The Kier molecular flexibility index (Phi) is 5.76. The molecule has 0 aliphatic carbocycles. The Labute approximate surface area is 155 Å². The molecule has 1 atom stereocenters. The molecule has 3 rings (SSSR count). The second kappa shape index (κ2) is 8.06. The smallest absolute Gasteiger partial charge is 0.508 e. The van der Waals surface area contributed by atoms with Crippen LogP contribution in [-0.4, -0.2) is 49.7 Å². The summed E-state index contributed by atoms with van der Waals surface area (Å²) < 4.78 is 46.6. The average Bonchev–Trinajstić information content (AvgIpc) is 2.64. The van der Waals surface area contributed by atoms with E-state index in [0.717, 1.165) is 37.3 Å². The number of alkyl halides is 3. The van der Waals surface area contributed by atoms with E-state index in [2.05, 4.69) is 15.0 Å². The van der Waals surface area contributed by atoms with Gasteiger partial charge in [0, 0.05) is 37.8 Å². The Balaban J connectivity index is 1.98. The van der Waals surface area contributed by atoms with Crippen LogP contribution in [0.4, 0.5) is 13.2 Å². The number of rotatable bonds is 5. The second-order valence-electron chi connectivity index (χ2n) is 6.23. The SMILES string of the molecule is COc1cc(O)ccc1[C@@H](c1ccc(OC(F)(F)F)cc1)N1CCNCC1. The minimum atomic E-state index is -4.72. The van der Waals surface area contributed by atoms with Gasteiger partial charge in [0.2, 0.25) is 0 Å². The molecule has 0 amide bonds. The lowest BCUT2D eigenvalue weighted by atomic mass is 9.95. The van der Waals surface area contributed by atoms with E-state index in [9.17, 15) is 18.3 Å². The minimum absolute atomic E-state index is 0.0867. The van der Waals surface area contributed by atoms with E-state index < -0.39 is 6.36 Å². The van der Waals surface area contributed by atoms with Gasteiger partial charge in [0.25, 0.3) is 0 Å². The lowest BCUT2D eigenvalue weighted by Crippen LogP contribution is -2.45. The Morgan fingerprint density at radius 1 is 1.07 bits per heavy atom. The molecule has 1 aliphatic rings. The molecule has 0 radical (unpaired) electrons. The van der Waals surface area contributed by atoms with Crippen molar-refractivity contribution in [3.05, 3.63) is 53.6 Å². The summed E-state index contributed by atoms with van der Waals surface area (Å²) in [6.07, 6.45) is -4.72. The first kappa shape index (κ1) is 19.3. The number of benzene rings is 2. The second-order valence-corrected chi connectivity index (χ2v) is 6.23. The molecule has 2 aromatic carbocycles. The van der Waals surface area contributed by atoms with Crippen molar-refractivity contribution < 1.29 is 27.8 Å². The number of halogens is 3. The third-order valence-electron chi connectivity index (χ3n) is 4.46. The summed E-state index contributed by atoms with van der Waals surface area (Å²) in [5.74, 6) is 0.348. The normalized spacial score (nSPS) is 16.7. The number of aromatic hydroxyl groups is 1. The van der Waals surface area contributed by atoms with Crippen molar-refractivity contribution in [2.75, 3.05) is 33.3 Å². The number of ether oxygens (including phenoxy) is 2. The largest absolute Gasteiger partial charge is 0.573 e. The summed E-state index contributed by atoms with van der Waals surface area (Å²) >= 11 is 0. The zero-order valence-electron chi connectivity index (χ0n) is 14.8. The Bertz CT molecular complexity index is 760. The zero-order valence-corrected chi connectivity index (χ0v) is 14.8. The van der Waals surface area contributed by atoms with Crippen LogP contribution in [0.3, 0.4) is 0 Å². The van der Waals surface area contributed by atoms with E-state index in [1.54, 1.807) is 24.3 Å². The van der Waals surface area contributed by atoms with Crippen molar-refractivity contribution >= 4 is 0 Å². The molecule has 0 unspecified atom stereocenters. The number of hydrogen-bond donors (Lipinski definition) is 2. The topological polar surface area (TPSA) is 54.0 Å². The number of nitrogens with zero attached hydrogens (tertiary/aromatic N) is 1. The van der Waals surface area contributed by atoms with Gasteiger partial charge in [0.15, 0.2) is 0 Å². The highest BCUT2D eigenvalue weighted by Gasteiger charge is 2.31. The van der Waals surface area contributed by atoms with Crippen LogP contribution >= 0.6 is 0 Å². The molecule has 0 saturated carbocycles. The molecule has 146 valence electrons. The van der Waals surface area contributed by atoms with Gasteiger partial charge in [0.1, 0.15) is 17.2 Å². The van der Waals surface area contributed by atoms with Gasteiger partial charge in [-0.1, -0.05) is 12.1 Å². The summed E-state index contributed by atoms with van der Waals surface area (Å²) in [6, 6.07) is 10.5. The molecule has 5 nitrogen and oxygen atoms in total. The molecule has 1 saturated heterocycles. The molecular formula is C19H21F3N2O3. The van der Waals surface area contributed by atoms with Gasteiger partial charge < -0.3 is 19.9 Å². The molecule has 1 fully saturated rings. The molecule has 2 aromatic rings. The van der Waals surface area contributed by atoms with Gasteiger partial charge in [-0.15, -0.1) is 13.2 Å². The number of piperazine rings is 1. The Morgan fingerprint density at radius 3 is 2.33 bits per heavy atom. The van der Waals surface area contributed by atoms with Gasteiger partial charge >= 0.3 is 6.36 Å². The molecule has 27 heavy (non-hydrogen) atoms. The van der Waals surface area contributed by atoms with Crippen LogP contribution in [0.1, 0.15) is 17.2 Å². The predicted molar refractivity (Wildman–Crippen MR) is 94.1 cm³/mol. The molecule has 0 aromatic heterocycles. The standard InChI is InChI=1S/C19H21F3N2O3/c1-26-17-12-14(25)4-7-16(17)18(24-10-8-23-9-11-24)13-2-5-15(6-3-13)27-19(20,21)22/h2-7,12,18,23,25H,8-11H2,1H3/t18-/m1/s1. The first-order chi connectivity index (χ1) is 12.9. The molecule has 0 spiro atoms. The molecule has 1 aliphatic heterocycles. The highest BCUT2D eigenvalue weighted by molar-refractivity contribution is 5.46. The van der Waals surface area contributed by atoms with Crippen LogP contribution in [0, 0.1) is 0 Å². The maximum atomic E-state index is 12.4. The van der Waals surface area contributed by atoms with Crippen molar-refractivity contribution in [2.24, 2.45) is 0 Å². The fourth-order valence-corrected chi connectivity index (χ4v) is 3.30. The maximum absolute atomic E-state index is 12.4. The summed E-state index contributed by atoms with van der Waals surface area (Å²) in [6.45, 7) is 3.17. The van der Waals surface area contributed by atoms with Crippen molar-refractivity contribution in [3.63, 3.8) is 0 Å². The van der Waals surface area contributed by atoms with Crippen molar-refractivity contribution in [1.29, 1.82) is 0 Å². The first-order valence-electron chi connectivity index (χ1n) is 8.55. The van der Waals surface area contributed by atoms with Gasteiger partial charge in [0.05, 0.1) is 13.2 Å². The van der Waals surface area contributed by atoms with Crippen LogP contribution in [-0.2, 0) is 0 Å². The fraction of sp³-hybridized carbons (Fsp3) is 0.368. The van der Waals surface area contributed by atoms with Crippen molar-refractivity contribution in [2.45, 2.75) is 12.4 Å². The van der Waals surface area contributed by atoms with Gasteiger partial charge in [-0.2, -0.15) is 0 Å². The third-order valence-corrected chi connectivity index (χ3v) is 4.46. The van der Waals surface area contributed by atoms with E-state index in [1.807, 2.05) is 0 Å². The lowest BCUT2D eigenvalue weighted by Gasteiger charge is -2.36. The van der Waals surface area contributed by atoms with Crippen LogP contribution in [0.5, 0.6) is 17.2 Å². The first-order valence-corrected chi connectivity index (χ1v) is 8.55.